The zero-order valence-corrected chi connectivity index (χ0v) is 17.6. The molecule has 0 saturated heterocycles. The van der Waals surface area contributed by atoms with Gasteiger partial charge in [-0.25, -0.2) is 4.79 Å². The van der Waals surface area contributed by atoms with Crippen molar-refractivity contribution in [3.05, 3.63) is 27.7 Å². The highest BCUT2D eigenvalue weighted by Gasteiger charge is 2.42. The van der Waals surface area contributed by atoms with E-state index in [4.69, 9.17) is 4.74 Å². The van der Waals surface area contributed by atoms with Crippen molar-refractivity contribution in [1.82, 2.24) is 20.1 Å². The lowest BCUT2D eigenvalue weighted by Gasteiger charge is -2.42. The molecule has 0 unspecified atom stereocenters. The Kier molecular flexibility index (Phi) is 4.35. The third kappa shape index (κ3) is 3.02. The van der Waals surface area contributed by atoms with E-state index >= 15 is 0 Å². The molecule has 2 aromatic heterocycles. The fourth-order valence-electron chi connectivity index (χ4n) is 4.41. The summed E-state index contributed by atoms with van der Waals surface area (Å²) >= 11 is 1.42. The molecule has 150 valence electrons. The van der Waals surface area contributed by atoms with Crippen molar-refractivity contribution in [2.45, 2.75) is 64.6 Å². The van der Waals surface area contributed by atoms with Gasteiger partial charge < -0.3 is 19.9 Å². The van der Waals surface area contributed by atoms with E-state index in [-0.39, 0.29) is 22.8 Å². The van der Waals surface area contributed by atoms with Crippen LogP contribution < -0.4 is 10.6 Å². The molecule has 8 nitrogen and oxygen atoms in total. The minimum atomic E-state index is -0.437. The van der Waals surface area contributed by atoms with Crippen LogP contribution >= 0.6 is 11.3 Å². The zero-order valence-electron chi connectivity index (χ0n) is 16.8. The molecule has 4 rings (SSSR count). The number of amides is 1. The molecule has 28 heavy (non-hydrogen) atoms. The monoisotopic (exact) mass is 403 g/mol. The van der Waals surface area contributed by atoms with Crippen LogP contribution in [-0.2, 0) is 29.7 Å². The van der Waals surface area contributed by atoms with Crippen LogP contribution in [0.4, 0.5) is 5.00 Å². The number of esters is 1. The standard InChI is InChI=1S/C19H25N5O3S/c1-18(2)9-10-12(17(26)27-5)16(28-13(10)19(3,4)23-18)20-15(25)14-22-21-11-7-6-8-24(11)14/h23H,6-9H2,1-5H3,(H,20,25). The van der Waals surface area contributed by atoms with Crippen LogP contribution in [0.25, 0.3) is 0 Å². The summed E-state index contributed by atoms with van der Waals surface area (Å²) in [5.41, 5.74) is 0.867. The van der Waals surface area contributed by atoms with E-state index in [2.05, 4.69) is 48.5 Å². The first-order valence-electron chi connectivity index (χ1n) is 9.40. The third-order valence-corrected chi connectivity index (χ3v) is 6.74. The van der Waals surface area contributed by atoms with E-state index in [1.165, 1.54) is 18.4 Å². The number of fused-ring (bicyclic) bond motifs is 2. The number of methoxy groups -OCH3 is 1. The smallest absolute Gasteiger partial charge is 0.341 e. The highest BCUT2D eigenvalue weighted by molar-refractivity contribution is 7.17. The number of aryl methyl sites for hydroxylation is 1. The van der Waals surface area contributed by atoms with E-state index < -0.39 is 5.97 Å². The molecule has 2 aliphatic rings. The number of hydrogen-bond donors (Lipinski definition) is 2. The predicted molar refractivity (Wildman–Crippen MR) is 106 cm³/mol. The second-order valence-corrected chi connectivity index (χ2v) is 9.59. The fourth-order valence-corrected chi connectivity index (χ4v) is 5.67. The summed E-state index contributed by atoms with van der Waals surface area (Å²) in [6.07, 6.45) is 2.46. The highest BCUT2D eigenvalue weighted by atomic mass is 32.1. The maximum Gasteiger partial charge on any atom is 0.341 e. The first kappa shape index (κ1) is 19.1. The Morgan fingerprint density at radius 2 is 2.00 bits per heavy atom. The van der Waals surface area contributed by atoms with Crippen molar-refractivity contribution >= 4 is 28.2 Å². The third-order valence-electron chi connectivity index (χ3n) is 5.27. The number of ether oxygens (including phenoxy) is 1. The number of nitrogens with one attached hydrogen (secondary N) is 2. The van der Waals surface area contributed by atoms with Gasteiger partial charge in [-0.3, -0.25) is 4.79 Å². The summed E-state index contributed by atoms with van der Waals surface area (Å²) < 4.78 is 6.89. The van der Waals surface area contributed by atoms with Crippen molar-refractivity contribution in [2.75, 3.05) is 12.4 Å². The van der Waals surface area contributed by atoms with Crippen LogP contribution in [0.1, 0.15) is 71.4 Å². The van der Waals surface area contributed by atoms with Gasteiger partial charge in [-0.1, -0.05) is 0 Å². The fraction of sp³-hybridized carbons (Fsp3) is 0.579. The molecule has 0 atom stereocenters. The zero-order chi connectivity index (χ0) is 20.3. The maximum atomic E-state index is 12.9. The van der Waals surface area contributed by atoms with E-state index in [0.29, 0.717) is 17.0 Å². The molecular formula is C19H25N5O3S. The molecule has 0 spiro atoms. The largest absolute Gasteiger partial charge is 0.465 e. The molecule has 2 N–H and O–H groups in total. The normalized spacial score (nSPS) is 19.0. The average molecular weight is 404 g/mol. The molecule has 2 aliphatic heterocycles. The second-order valence-electron chi connectivity index (χ2n) is 8.57. The van der Waals surface area contributed by atoms with Gasteiger partial charge in [-0.2, -0.15) is 0 Å². The van der Waals surface area contributed by atoms with Gasteiger partial charge in [0.1, 0.15) is 10.8 Å². The Morgan fingerprint density at radius 3 is 2.71 bits per heavy atom. The molecule has 2 aromatic rings. The van der Waals surface area contributed by atoms with Crippen LogP contribution in [0.3, 0.4) is 0 Å². The van der Waals surface area contributed by atoms with Crippen molar-refractivity contribution < 1.29 is 14.3 Å². The molecule has 4 heterocycles. The summed E-state index contributed by atoms with van der Waals surface area (Å²) in [5, 5.41) is 15.2. The Labute approximate surface area is 167 Å². The first-order chi connectivity index (χ1) is 13.1. The summed E-state index contributed by atoms with van der Waals surface area (Å²) in [5.74, 6) is 0.325. The minimum absolute atomic E-state index is 0.185. The van der Waals surface area contributed by atoms with Gasteiger partial charge in [0.2, 0.25) is 5.82 Å². The van der Waals surface area contributed by atoms with Gasteiger partial charge in [0, 0.05) is 28.9 Å². The molecule has 0 aromatic carbocycles. The van der Waals surface area contributed by atoms with Crippen LogP contribution in [-0.4, -0.2) is 39.3 Å². The predicted octanol–water partition coefficient (Wildman–Crippen LogP) is 2.48. The van der Waals surface area contributed by atoms with Crippen molar-refractivity contribution in [3.8, 4) is 0 Å². The minimum Gasteiger partial charge on any atom is -0.465 e. The molecule has 0 bridgehead atoms. The number of anilines is 1. The number of rotatable bonds is 3. The van der Waals surface area contributed by atoms with Gasteiger partial charge in [0.15, 0.2) is 0 Å². The van der Waals surface area contributed by atoms with Crippen LogP contribution in [0.15, 0.2) is 0 Å². The lowest BCUT2D eigenvalue weighted by molar-refractivity contribution is 0.0600. The lowest BCUT2D eigenvalue weighted by atomic mass is 9.81. The number of hydrogen-bond acceptors (Lipinski definition) is 7. The highest BCUT2D eigenvalue weighted by Crippen LogP contribution is 2.45. The van der Waals surface area contributed by atoms with Gasteiger partial charge in [0.25, 0.3) is 5.91 Å². The Bertz CT molecular complexity index is 973. The van der Waals surface area contributed by atoms with Crippen LogP contribution in [0, 0.1) is 0 Å². The SMILES string of the molecule is COC(=O)c1c(NC(=O)c2nnc3n2CCC3)sc2c1CC(C)(C)NC2(C)C. The first-order valence-corrected chi connectivity index (χ1v) is 10.2. The molecular weight excluding hydrogens is 378 g/mol. The summed E-state index contributed by atoms with van der Waals surface area (Å²) in [7, 11) is 1.36. The summed E-state index contributed by atoms with van der Waals surface area (Å²) in [4.78, 5) is 26.6. The van der Waals surface area contributed by atoms with E-state index in [0.717, 1.165) is 35.7 Å². The van der Waals surface area contributed by atoms with Gasteiger partial charge >= 0.3 is 5.97 Å². The molecule has 0 radical (unpaired) electrons. The Balaban J connectivity index is 1.76. The lowest BCUT2D eigenvalue weighted by Crippen LogP contribution is -2.55. The van der Waals surface area contributed by atoms with Gasteiger partial charge in [0.05, 0.1) is 12.7 Å². The summed E-state index contributed by atoms with van der Waals surface area (Å²) in [6, 6.07) is 0. The molecule has 0 aliphatic carbocycles. The number of carbonyl (C=O) groups excluding carboxylic acids is 2. The van der Waals surface area contributed by atoms with Gasteiger partial charge in [-0.15, -0.1) is 21.5 Å². The van der Waals surface area contributed by atoms with E-state index in [9.17, 15) is 9.59 Å². The van der Waals surface area contributed by atoms with Crippen LogP contribution in [0.2, 0.25) is 0 Å². The quantitative estimate of drug-likeness (QED) is 0.764. The molecule has 9 heteroatoms. The number of thiophene rings is 1. The molecule has 1 amide bonds. The number of aromatic nitrogens is 3. The van der Waals surface area contributed by atoms with Crippen molar-refractivity contribution in [3.63, 3.8) is 0 Å². The average Bonchev–Trinajstić information content (AvgIpc) is 3.26. The molecule has 0 saturated carbocycles. The van der Waals surface area contributed by atoms with E-state index in [1.54, 1.807) is 0 Å². The maximum absolute atomic E-state index is 12.9. The summed E-state index contributed by atoms with van der Waals surface area (Å²) in [6.45, 7) is 9.12. The topological polar surface area (TPSA) is 98.1 Å². The number of carbonyl (C=O) groups is 2. The Hall–Kier alpha value is -2.26. The van der Waals surface area contributed by atoms with E-state index in [1.807, 2.05) is 4.57 Å². The second kappa shape index (κ2) is 6.38. The van der Waals surface area contributed by atoms with Crippen molar-refractivity contribution in [1.29, 1.82) is 0 Å². The van der Waals surface area contributed by atoms with Crippen LogP contribution in [0.5, 0.6) is 0 Å². The molecule has 0 fully saturated rings. The van der Waals surface area contributed by atoms with Gasteiger partial charge in [-0.05, 0) is 46.1 Å². The Morgan fingerprint density at radius 1 is 1.25 bits per heavy atom. The number of nitrogens with zero attached hydrogens (tertiary/aromatic N) is 3. The van der Waals surface area contributed by atoms with Crippen molar-refractivity contribution in [2.24, 2.45) is 0 Å².